The number of carbonyl (C=O) groups is 2. The quantitative estimate of drug-likeness (QED) is 0.475. The Balaban J connectivity index is 0.00000361. The predicted molar refractivity (Wildman–Crippen MR) is 147 cm³/mol. The summed E-state index contributed by atoms with van der Waals surface area (Å²) in [4.78, 5) is 32.3. The number of nitrogens with zero attached hydrogens (tertiary/aromatic N) is 2. The van der Waals surface area contributed by atoms with Crippen LogP contribution in [0.3, 0.4) is 0 Å². The molecule has 1 saturated heterocycles. The van der Waals surface area contributed by atoms with E-state index in [4.69, 9.17) is 5.73 Å². The third-order valence-corrected chi connectivity index (χ3v) is 8.71. The minimum Gasteiger partial charge on any atom is -0.375 e. The zero-order valence-corrected chi connectivity index (χ0v) is 22.5. The van der Waals surface area contributed by atoms with Crippen LogP contribution < -0.4 is 16.0 Å². The van der Waals surface area contributed by atoms with E-state index in [2.05, 4.69) is 10.3 Å². The van der Waals surface area contributed by atoms with E-state index < -0.39 is 15.8 Å². The lowest BCUT2D eigenvalue weighted by molar-refractivity contribution is -0.124. The molecule has 0 radical (unpaired) electrons. The third-order valence-electron chi connectivity index (χ3n) is 6.32. The summed E-state index contributed by atoms with van der Waals surface area (Å²) >= 11 is 1.36. The summed E-state index contributed by atoms with van der Waals surface area (Å²) < 4.78 is 23.7. The largest absolute Gasteiger partial charge is 0.375 e. The van der Waals surface area contributed by atoms with Gasteiger partial charge in [0.05, 0.1) is 17.2 Å². The van der Waals surface area contributed by atoms with E-state index in [-0.39, 0.29) is 55.1 Å². The molecule has 192 valence electrons. The first-order valence-corrected chi connectivity index (χ1v) is 14.0. The maximum Gasteiger partial charge on any atom is 0.244 e. The van der Waals surface area contributed by atoms with Gasteiger partial charge < -0.3 is 16.0 Å². The molecular formula is C25H29ClN4O4S2. The van der Waals surface area contributed by atoms with E-state index in [1.54, 1.807) is 12.1 Å². The number of benzene rings is 2. The number of aromatic nitrogens is 1. The van der Waals surface area contributed by atoms with Crippen LogP contribution >= 0.6 is 23.7 Å². The Bertz CT molecular complexity index is 1340. The Kier molecular flexibility index (Phi) is 8.76. The number of amides is 2. The van der Waals surface area contributed by atoms with E-state index in [1.807, 2.05) is 49.6 Å². The highest BCUT2D eigenvalue weighted by molar-refractivity contribution is 7.91. The van der Waals surface area contributed by atoms with Gasteiger partial charge in [0.25, 0.3) is 0 Å². The number of hydrogen-bond donors (Lipinski definition) is 2. The maximum absolute atomic E-state index is 13.5. The zero-order chi connectivity index (χ0) is 25.2. The summed E-state index contributed by atoms with van der Waals surface area (Å²) in [5, 5.41) is 5.22. The van der Waals surface area contributed by atoms with Crippen molar-refractivity contribution in [2.24, 2.45) is 5.92 Å². The molecule has 3 aromatic rings. The molecule has 0 saturated carbocycles. The van der Waals surface area contributed by atoms with Crippen LogP contribution in [0.5, 0.6) is 0 Å². The predicted octanol–water partition coefficient (Wildman–Crippen LogP) is 4.23. The molecular weight excluding hydrogens is 520 g/mol. The smallest absolute Gasteiger partial charge is 0.244 e. The molecule has 8 nitrogen and oxygen atoms in total. The number of nitrogens with one attached hydrogen (secondary N) is 1. The molecule has 0 aliphatic carbocycles. The second kappa shape index (κ2) is 11.4. The Morgan fingerprint density at radius 3 is 2.39 bits per heavy atom. The molecule has 11 heteroatoms. The highest BCUT2D eigenvalue weighted by Crippen LogP contribution is 2.29. The fourth-order valence-corrected chi connectivity index (χ4v) is 6.22. The zero-order valence-electron chi connectivity index (χ0n) is 20.1. The van der Waals surface area contributed by atoms with Crippen LogP contribution in [0.1, 0.15) is 24.0 Å². The Hall–Kier alpha value is -2.95. The van der Waals surface area contributed by atoms with Crippen molar-refractivity contribution in [2.75, 3.05) is 34.0 Å². The van der Waals surface area contributed by atoms with Crippen LogP contribution in [0.15, 0.2) is 47.8 Å². The van der Waals surface area contributed by atoms with Crippen molar-refractivity contribution in [3.63, 3.8) is 0 Å². The topological polar surface area (TPSA) is 122 Å². The van der Waals surface area contributed by atoms with Gasteiger partial charge in [0.15, 0.2) is 5.13 Å². The summed E-state index contributed by atoms with van der Waals surface area (Å²) in [5.74, 6) is -1.01. The molecule has 0 bridgehead atoms. The van der Waals surface area contributed by atoms with Crippen LogP contribution in [0, 0.1) is 19.8 Å². The van der Waals surface area contributed by atoms with E-state index in [0.29, 0.717) is 16.5 Å². The molecule has 4 rings (SSSR count). The van der Waals surface area contributed by atoms with Gasteiger partial charge in [0, 0.05) is 28.2 Å². The number of halogens is 1. The second-order valence-corrected chi connectivity index (χ2v) is 12.0. The van der Waals surface area contributed by atoms with Gasteiger partial charge in [-0.1, -0.05) is 24.3 Å². The molecule has 2 amide bonds. The molecule has 2 aromatic carbocycles. The molecule has 2 heterocycles. The van der Waals surface area contributed by atoms with Crippen molar-refractivity contribution in [3.8, 4) is 11.3 Å². The number of thiazole rings is 1. The monoisotopic (exact) mass is 548 g/mol. The van der Waals surface area contributed by atoms with Gasteiger partial charge in [-0.05, 0) is 56.0 Å². The van der Waals surface area contributed by atoms with E-state index in [0.717, 1.165) is 22.4 Å². The average molecular weight is 549 g/mol. The SMILES string of the molecule is Cc1cccc(N(CC(=O)Nc2ccc(-c3csc(N)n3)cc2)C(=O)C2CCS(=O)(=O)CC2)c1C.Cl. The van der Waals surface area contributed by atoms with Crippen LogP contribution in [0.25, 0.3) is 11.3 Å². The highest BCUT2D eigenvalue weighted by Gasteiger charge is 2.33. The number of carbonyl (C=O) groups excluding carboxylic acids is 2. The number of rotatable bonds is 6. The van der Waals surface area contributed by atoms with E-state index >= 15 is 0 Å². The first-order chi connectivity index (χ1) is 16.6. The first kappa shape index (κ1) is 27.6. The fraction of sp³-hybridized carbons (Fsp3) is 0.320. The summed E-state index contributed by atoms with van der Waals surface area (Å²) in [6.07, 6.45) is 0.541. The van der Waals surface area contributed by atoms with Gasteiger partial charge >= 0.3 is 0 Å². The maximum atomic E-state index is 13.5. The molecule has 1 fully saturated rings. The van der Waals surface area contributed by atoms with Crippen molar-refractivity contribution in [1.82, 2.24) is 4.98 Å². The Labute approximate surface area is 221 Å². The van der Waals surface area contributed by atoms with Crippen molar-refractivity contribution in [2.45, 2.75) is 26.7 Å². The van der Waals surface area contributed by atoms with Gasteiger partial charge in [-0.2, -0.15) is 0 Å². The number of nitrogen functional groups attached to an aromatic ring is 1. The molecule has 1 aliphatic rings. The van der Waals surface area contributed by atoms with Gasteiger partial charge in [0.2, 0.25) is 11.8 Å². The normalized spacial score (nSPS) is 15.1. The van der Waals surface area contributed by atoms with Crippen LogP contribution in [0.2, 0.25) is 0 Å². The van der Waals surface area contributed by atoms with E-state index in [1.165, 1.54) is 16.2 Å². The number of nitrogens with two attached hydrogens (primary N) is 1. The lowest BCUT2D eigenvalue weighted by atomic mass is 9.99. The van der Waals surface area contributed by atoms with Crippen LogP contribution in [-0.4, -0.2) is 43.3 Å². The Morgan fingerprint density at radius 1 is 1.11 bits per heavy atom. The Morgan fingerprint density at radius 2 is 1.78 bits per heavy atom. The highest BCUT2D eigenvalue weighted by atomic mass is 35.5. The molecule has 1 aliphatic heterocycles. The van der Waals surface area contributed by atoms with Gasteiger partial charge in [0.1, 0.15) is 16.4 Å². The van der Waals surface area contributed by atoms with Crippen molar-refractivity contribution >= 4 is 61.9 Å². The minimum atomic E-state index is -3.10. The fourth-order valence-electron chi connectivity index (χ4n) is 4.16. The van der Waals surface area contributed by atoms with Crippen molar-refractivity contribution in [3.05, 3.63) is 59.0 Å². The van der Waals surface area contributed by atoms with Gasteiger partial charge in [-0.15, -0.1) is 23.7 Å². The molecule has 0 atom stereocenters. The first-order valence-electron chi connectivity index (χ1n) is 11.3. The molecule has 3 N–H and O–H groups in total. The summed E-state index contributed by atoms with van der Waals surface area (Å²) in [6.45, 7) is 3.70. The minimum absolute atomic E-state index is 0. The van der Waals surface area contributed by atoms with E-state index in [9.17, 15) is 18.0 Å². The number of hydrogen-bond acceptors (Lipinski definition) is 7. The number of sulfone groups is 1. The molecule has 1 aromatic heterocycles. The van der Waals surface area contributed by atoms with Crippen LogP contribution in [0.4, 0.5) is 16.5 Å². The number of anilines is 3. The van der Waals surface area contributed by atoms with Gasteiger partial charge in [-0.25, -0.2) is 13.4 Å². The molecule has 0 unspecified atom stereocenters. The summed E-state index contributed by atoms with van der Waals surface area (Å²) in [7, 11) is -3.10. The molecule has 36 heavy (non-hydrogen) atoms. The van der Waals surface area contributed by atoms with Crippen LogP contribution in [-0.2, 0) is 19.4 Å². The third kappa shape index (κ3) is 6.43. The second-order valence-electron chi connectivity index (χ2n) is 8.77. The van der Waals surface area contributed by atoms with Crippen molar-refractivity contribution in [1.29, 1.82) is 0 Å². The standard InChI is InChI=1S/C25H28N4O4S2.ClH/c1-16-4-3-5-22(17(16)2)29(24(31)19-10-12-35(32,33)13-11-19)14-23(30)27-20-8-6-18(7-9-20)21-15-34-25(26)28-21;/h3-9,15,19H,10-14H2,1-2H3,(H2,26,28)(H,27,30);1H. The average Bonchev–Trinajstić information content (AvgIpc) is 3.26. The summed E-state index contributed by atoms with van der Waals surface area (Å²) in [5.41, 5.74) is 10.5. The number of aryl methyl sites for hydroxylation is 1. The van der Waals surface area contributed by atoms with Crippen molar-refractivity contribution < 1.29 is 18.0 Å². The van der Waals surface area contributed by atoms with Gasteiger partial charge in [-0.3, -0.25) is 9.59 Å². The lowest BCUT2D eigenvalue weighted by Gasteiger charge is -2.30. The lowest BCUT2D eigenvalue weighted by Crippen LogP contribution is -2.44. The summed E-state index contributed by atoms with van der Waals surface area (Å²) in [6, 6.07) is 12.9. The molecule has 0 spiro atoms.